The number of ether oxygens (including phenoxy) is 2. The van der Waals surface area contributed by atoms with Crippen molar-refractivity contribution in [2.75, 3.05) is 13.7 Å². The first-order valence-corrected chi connectivity index (χ1v) is 6.47. The van der Waals surface area contributed by atoms with E-state index in [9.17, 15) is 4.39 Å². The summed E-state index contributed by atoms with van der Waals surface area (Å²) in [6.07, 6.45) is 0. The molecule has 0 spiro atoms. The van der Waals surface area contributed by atoms with E-state index in [0.29, 0.717) is 23.7 Å². The van der Waals surface area contributed by atoms with E-state index in [-0.39, 0.29) is 12.4 Å². The Bertz CT molecular complexity index is 657. The van der Waals surface area contributed by atoms with E-state index in [4.69, 9.17) is 15.2 Å². The fourth-order valence-corrected chi connectivity index (χ4v) is 1.75. The first-order valence-electron chi connectivity index (χ1n) is 6.47. The van der Waals surface area contributed by atoms with E-state index in [1.807, 2.05) is 0 Å². The topological polar surface area (TPSA) is 44.5 Å². The molecular formula is C17H16FNO2. The SMILES string of the molecule is COc1ccc(OCc2ccc(F)cc2)c(C#CCN)c1. The minimum Gasteiger partial charge on any atom is -0.497 e. The molecule has 0 aliphatic carbocycles. The van der Waals surface area contributed by atoms with Crippen LogP contribution in [-0.2, 0) is 6.61 Å². The van der Waals surface area contributed by atoms with Crippen molar-refractivity contribution in [3.05, 3.63) is 59.4 Å². The van der Waals surface area contributed by atoms with Gasteiger partial charge in [0.2, 0.25) is 0 Å². The summed E-state index contributed by atoms with van der Waals surface area (Å²) < 4.78 is 23.8. The third kappa shape index (κ3) is 4.23. The van der Waals surface area contributed by atoms with Crippen LogP contribution in [0.4, 0.5) is 4.39 Å². The summed E-state index contributed by atoms with van der Waals surface area (Å²) in [7, 11) is 1.59. The average Bonchev–Trinajstić information content (AvgIpc) is 2.52. The van der Waals surface area contributed by atoms with Crippen LogP contribution in [0, 0.1) is 17.7 Å². The van der Waals surface area contributed by atoms with E-state index in [1.54, 1.807) is 37.4 Å². The Balaban J connectivity index is 2.16. The molecule has 0 aliphatic heterocycles. The molecule has 0 aliphatic rings. The Morgan fingerprint density at radius 2 is 1.90 bits per heavy atom. The molecule has 0 bridgehead atoms. The van der Waals surface area contributed by atoms with Crippen molar-refractivity contribution in [1.29, 1.82) is 0 Å². The van der Waals surface area contributed by atoms with Gasteiger partial charge >= 0.3 is 0 Å². The maximum atomic E-state index is 12.9. The lowest BCUT2D eigenvalue weighted by molar-refractivity contribution is 0.304. The van der Waals surface area contributed by atoms with Crippen molar-refractivity contribution in [2.45, 2.75) is 6.61 Å². The molecular weight excluding hydrogens is 269 g/mol. The van der Waals surface area contributed by atoms with Gasteiger partial charge in [0.25, 0.3) is 0 Å². The van der Waals surface area contributed by atoms with Gasteiger partial charge < -0.3 is 15.2 Å². The van der Waals surface area contributed by atoms with Gasteiger partial charge in [-0.25, -0.2) is 4.39 Å². The maximum absolute atomic E-state index is 12.9. The van der Waals surface area contributed by atoms with E-state index in [1.165, 1.54) is 12.1 Å². The number of hydrogen-bond donors (Lipinski definition) is 1. The predicted octanol–water partition coefficient (Wildman–Crippen LogP) is 2.72. The molecule has 0 amide bonds. The minimum absolute atomic E-state index is 0.266. The largest absolute Gasteiger partial charge is 0.497 e. The maximum Gasteiger partial charge on any atom is 0.135 e. The first-order chi connectivity index (χ1) is 10.2. The Labute approximate surface area is 123 Å². The van der Waals surface area contributed by atoms with Crippen molar-refractivity contribution in [3.63, 3.8) is 0 Å². The molecule has 0 saturated carbocycles. The molecule has 0 saturated heterocycles. The highest BCUT2D eigenvalue weighted by Gasteiger charge is 2.04. The molecule has 4 heteroatoms. The van der Waals surface area contributed by atoms with Crippen LogP contribution >= 0.6 is 0 Å². The number of halogens is 1. The van der Waals surface area contributed by atoms with E-state index >= 15 is 0 Å². The summed E-state index contributed by atoms with van der Waals surface area (Å²) in [5.74, 6) is 6.82. The monoisotopic (exact) mass is 285 g/mol. The van der Waals surface area contributed by atoms with Gasteiger partial charge in [0.05, 0.1) is 19.2 Å². The normalized spacial score (nSPS) is 9.67. The second kappa shape index (κ2) is 7.32. The second-order valence-corrected chi connectivity index (χ2v) is 4.28. The number of nitrogens with two attached hydrogens (primary N) is 1. The van der Waals surface area contributed by atoms with Gasteiger partial charge in [0.15, 0.2) is 0 Å². The predicted molar refractivity (Wildman–Crippen MR) is 79.7 cm³/mol. The van der Waals surface area contributed by atoms with Gasteiger partial charge in [-0.15, -0.1) is 0 Å². The van der Waals surface area contributed by atoms with Gasteiger partial charge in [-0.05, 0) is 35.9 Å². The summed E-state index contributed by atoms with van der Waals surface area (Å²) in [5.41, 5.74) is 6.98. The van der Waals surface area contributed by atoms with Crippen molar-refractivity contribution in [2.24, 2.45) is 5.73 Å². The Morgan fingerprint density at radius 3 is 2.57 bits per heavy atom. The molecule has 0 unspecified atom stereocenters. The van der Waals surface area contributed by atoms with Crippen LogP contribution in [0.25, 0.3) is 0 Å². The number of hydrogen-bond acceptors (Lipinski definition) is 3. The molecule has 2 rings (SSSR count). The standard InChI is InChI=1S/C17H16FNO2/c1-20-16-8-9-17(14(11-16)3-2-10-19)21-12-13-4-6-15(18)7-5-13/h4-9,11H,10,12,19H2,1H3. The van der Waals surface area contributed by atoms with Gasteiger partial charge in [-0.1, -0.05) is 24.0 Å². The fourth-order valence-electron chi connectivity index (χ4n) is 1.75. The average molecular weight is 285 g/mol. The summed E-state index contributed by atoms with van der Waals surface area (Å²) >= 11 is 0. The summed E-state index contributed by atoms with van der Waals surface area (Å²) in [6.45, 7) is 0.610. The molecule has 3 nitrogen and oxygen atoms in total. The van der Waals surface area contributed by atoms with E-state index in [2.05, 4.69) is 11.8 Å². The number of methoxy groups -OCH3 is 1. The lowest BCUT2D eigenvalue weighted by Crippen LogP contribution is -1.98. The van der Waals surface area contributed by atoms with Crippen LogP contribution in [-0.4, -0.2) is 13.7 Å². The molecule has 0 atom stereocenters. The quantitative estimate of drug-likeness (QED) is 0.878. The molecule has 108 valence electrons. The van der Waals surface area contributed by atoms with Crippen LogP contribution in [0.3, 0.4) is 0 Å². The molecule has 0 aromatic heterocycles. The van der Waals surface area contributed by atoms with Crippen LogP contribution in [0.1, 0.15) is 11.1 Å². The van der Waals surface area contributed by atoms with Crippen LogP contribution < -0.4 is 15.2 Å². The summed E-state index contributed by atoms with van der Waals surface area (Å²) in [5, 5.41) is 0. The summed E-state index contributed by atoms with van der Waals surface area (Å²) in [4.78, 5) is 0. The minimum atomic E-state index is -0.266. The van der Waals surface area contributed by atoms with Crippen molar-refractivity contribution >= 4 is 0 Å². The molecule has 21 heavy (non-hydrogen) atoms. The number of benzene rings is 2. The van der Waals surface area contributed by atoms with Crippen molar-refractivity contribution < 1.29 is 13.9 Å². The van der Waals surface area contributed by atoms with Crippen LogP contribution in [0.15, 0.2) is 42.5 Å². The highest BCUT2D eigenvalue weighted by molar-refractivity contribution is 5.50. The highest BCUT2D eigenvalue weighted by atomic mass is 19.1. The smallest absolute Gasteiger partial charge is 0.135 e. The van der Waals surface area contributed by atoms with Crippen molar-refractivity contribution in [3.8, 4) is 23.3 Å². The Morgan fingerprint density at radius 1 is 1.14 bits per heavy atom. The lowest BCUT2D eigenvalue weighted by Gasteiger charge is -2.10. The molecule has 0 heterocycles. The van der Waals surface area contributed by atoms with Crippen LogP contribution in [0.2, 0.25) is 0 Å². The summed E-state index contributed by atoms with van der Waals surface area (Å²) in [6, 6.07) is 11.6. The lowest BCUT2D eigenvalue weighted by atomic mass is 10.2. The van der Waals surface area contributed by atoms with Gasteiger partial charge in [0.1, 0.15) is 23.9 Å². The molecule has 0 radical (unpaired) electrons. The third-order valence-corrected chi connectivity index (χ3v) is 2.82. The second-order valence-electron chi connectivity index (χ2n) is 4.28. The Kier molecular flexibility index (Phi) is 5.19. The Hall–Kier alpha value is -2.51. The zero-order chi connectivity index (χ0) is 15.1. The van der Waals surface area contributed by atoms with Gasteiger partial charge in [-0.3, -0.25) is 0 Å². The first kappa shape index (κ1) is 14.9. The molecule has 2 aromatic rings. The fraction of sp³-hybridized carbons (Fsp3) is 0.176. The van der Waals surface area contributed by atoms with Gasteiger partial charge in [0, 0.05) is 0 Å². The zero-order valence-electron chi connectivity index (χ0n) is 11.7. The molecule has 2 N–H and O–H groups in total. The van der Waals surface area contributed by atoms with E-state index < -0.39 is 0 Å². The number of rotatable bonds is 4. The molecule has 2 aromatic carbocycles. The van der Waals surface area contributed by atoms with Crippen molar-refractivity contribution in [1.82, 2.24) is 0 Å². The molecule has 0 fully saturated rings. The van der Waals surface area contributed by atoms with Gasteiger partial charge in [-0.2, -0.15) is 0 Å². The zero-order valence-corrected chi connectivity index (χ0v) is 11.7. The highest BCUT2D eigenvalue weighted by Crippen LogP contribution is 2.24. The van der Waals surface area contributed by atoms with Crippen LogP contribution in [0.5, 0.6) is 11.5 Å². The third-order valence-electron chi connectivity index (χ3n) is 2.82. The van der Waals surface area contributed by atoms with E-state index in [0.717, 1.165) is 5.56 Å².